The number of rotatable bonds is 4. The van der Waals surface area contributed by atoms with Crippen LogP contribution in [0.25, 0.3) is 0 Å². The van der Waals surface area contributed by atoms with Crippen molar-refractivity contribution in [1.29, 1.82) is 0 Å². The number of carbonyl (C=O) groups is 1. The SMILES string of the molecule is CC1CCCC(N(C)S(=O)(=O)C(C)C(=O)O)C1. The van der Waals surface area contributed by atoms with Gasteiger partial charge in [0.25, 0.3) is 0 Å². The highest BCUT2D eigenvalue weighted by atomic mass is 32.2. The van der Waals surface area contributed by atoms with Crippen LogP contribution in [0.1, 0.15) is 39.5 Å². The van der Waals surface area contributed by atoms with Gasteiger partial charge in [-0.3, -0.25) is 4.79 Å². The quantitative estimate of drug-likeness (QED) is 0.829. The lowest BCUT2D eigenvalue weighted by Crippen LogP contribution is -2.45. The number of sulfonamides is 1. The summed E-state index contributed by atoms with van der Waals surface area (Å²) in [4.78, 5) is 10.8. The Balaban J connectivity index is 2.81. The molecule has 1 N–H and O–H groups in total. The number of carboxylic acid groups (broad SMARTS) is 1. The predicted octanol–water partition coefficient (Wildman–Crippen LogP) is 1.30. The minimum atomic E-state index is -3.73. The van der Waals surface area contributed by atoms with Crippen molar-refractivity contribution < 1.29 is 18.3 Å². The van der Waals surface area contributed by atoms with E-state index in [-0.39, 0.29) is 6.04 Å². The maximum atomic E-state index is 12.0. The molecule has 0 aromatic carbocycles. The van der Waals surface area contributed by atoms with Crippen LogP contribution in [0.4, 0.5) is 0 Å². The second-order valence-electron chi connectivity index (χ2n) is 4.97. The van der Waals surface area contributed by atoms with Crippen molar-refractivity contribution in [2.24, 2.45) is 5.92 Å². The Morgan fingerprint density at radius 2 is 2.00 bits per heavy atom. The van der Waals surface area contributed by atoms with Crippen LogP contribution in [-0.2, 0) is 14.8 Å². The van der Waals surface area contributed by atoms with E-state index in [0.29, 0.717) is 5.92 Å². The molecular formula is C11H21NO4S. The maximum Gasteiger partial charge on any atom is 0.323 e. The van der Waals surface area contributed by atoms with E-state index < -0.39 is 21.2 Å². The Bertz CT molecular complexity index is 379. The summed E-state index contributed by atoms with van der Waals surface area (Å²) in [6.07, 6.45) is 3.78. The van der Waals surface area contributed by atoms with Crippen molar-refractivity contribution in [3.05, 3.63) is 0 Å². The Morgan fingerprint density at radius 3 is 2.47 bits per heavy atom. The molecule has 3 atom stereocenters. The molecule has 0 saturated heterocycles. The molecule has 5 nitrogen and oxygen atoms in total. The molecule has 0 amide bonds. The lowest BCUT2D eigenvalue weighted by Gasteiger charge is -2.34. The van der Waals surface area contributed by atoms with Gasteiger partial charge in [0.1, 0.15) is 0 Å². The van der Waals surface area contributed by atoms with Crippen molar-refractivity contribution in [3.8, 4) is 0 Å². The fourth-order valence-corrected chi connectivity index (χ4v) is 3.68. The summed E-state index contributed by atoms with van der Waals surface area (Å²) in [7, 11) is -2.23. The molecule has 0 bridgehead atoms. The first kappa shape index (κ1) is 14.4. The topological polar surface area (TPSA) is 74.7 Å². The van der Waals surface area contributed by atoms with Gasteiger partial charge in [0.2, 0.25) is 10.0 Å². The molecule has 100 valence electrons. The van der Waals surface area contributed by atoms with Gasteiger partial charge in [0.15, 0.2) is 5.25 Å². The number of hydrogen-bond donors (Lipinski definition) is 1. The molecule has 1 saturated carbocycles. The first-order valence-electron chi connectivity index (χ1n) is 5.96. The van der Waals surface area contributed by atoms with E-state index in [1.165, 1.54) is 18.3 Å². The summed E-state index contributed by atoms with van der Waals surface area (Å²) in [5.74, 6) is -0.785. The third kappa shape index (κ3) is 3.19. The second-order valence-corrected chi connectivity index (χ2v) is 7.28. The average Bonchev–Trinajstić information content (AvgIpc) is 2.26. The molecule has 0 radical (unpaired) electrons. The molecule has 1 aliphatic carbocycles. The lowest BCUT2D eigenvalue weighted by molar-refractivity contribution is -0.136. The molecule has 3 unspecified atom stereocenters. The minimum absolute atomic E-state index is 0.0504. The van der Waals surface area contributed by atoms with Crippen molar-refractivity contribution >= 4 is 16.0 Å². The molecule has 0 aliphatic heterocycles. The Kier molecular flexibility index (Phi) is 4.55. The lowest BCUT2D eigenvalue weighted by atomic mass is 9.87. The number of aliphatic carboxylic acids is 1. The van der Waals surface area contributed by atoms with Gasteiger partial charge in [0.05, 0.1) is 0 Å². The van der Waals surface area contributed by atoms with Gasteiger partial charge in [-0.25, -0.2) is 12.7 Å². The number of carboxylic acids is 1. The summed E-state index contributed by atoms with van der Waals surface area (Å²) in [6, 6.07) is -0.0504. The van der Waals surface area contributed by atoms with E-state index in [1.807, 2.05) is 0 Å². The smallest absolute Gasteiger partial charge is 0.323 e. The van der Waals surface area contributed by atoms with Crippen LogP contribution in [0, 0.1) is 5.92 Å². The molecule has 6 heteroatoms. The summed E-state index contributed by atoms with van der Waals surface area (Å²) in [6.45, 7) is 3.33. The number of hydrogen-bond acceptors (Lipinski definition) is 3. The molecule has 1 fully saturated rings. The normalized spacial score (nSPS) is 28.0. The van der Waals surface area contributed by atoms with E-state index in [2.05, 4.69) is 6.92 Å². The monoisotopic (exact) mass is 263 g/mol. The highest BCUT2D eigenvalue weighted by molar-refractivity contribution is 7.90. The van der Waals surface area contributed by atoms with Gasteiger partial charge >= 0.3 is 5.97 Å². The van der Waals surface area contributed by atoms with Gasteiger partial charge in [-0.15, -0.1) is 0 Å². The van der Waals surface area contributed by atoms with Gasteiger partial charge in [-0.1, -0.05) is 19.8 Å². The van der Waals surface area contributed by atoms with Crippen LogP contribution in [0.3, 0.4) is 0 Å². The van der Waals surface area contributed by atoms with Crippen LogP contribution in [-0.4, -0.2) is 42.1 Å². The zero-order chi connectivity index (χ0) is 13.2. The third-order valence-electron chi connectivity index (χ3n) is 3.62. The fraction of sp³-hybridized carbons (Fsp3) is 0.909. The summed E-state index contributed by atoms with van der Waals surface area (Å²) in [5.41, 5.74) is 0. The highest BCUT2D eigenvalue weighted by Crippen LogP contribution is 2.28. The van der Waals surface area contributed by atoms with Crippen LogP contribution >= 0.6 is 0 Å². The van der Waals surface area contributed by atoms with E-state index in [4.69, 9.17) is 5.11 Å². The molecule has 0 aromatic rings. The van der Waals surface area contributed by atoms with Crippen molar-refractivity contribution in [1.82, 2.24) is 4.31 Å². The Labute approximate surface area is 103 Å². The maximum absolute atomic E-state index is 12.0. The summed E-state index contributed by atoms with van der Waals surface area (Å²) < 4.78 is 25.3. The van der Waals surface area contributed by atoms with Crippen LogP contribution < -0.4 is 0 Å². The highest BCUT2D eigenvalue weighted by Gasteiger charge is 2.36. The Hall–Kier alpha value is -0.620. The summed E-state index contributed by atoms with van der Waals surface area (Å²) in [5, 5.41) is 7.44. The molecule has 0 heterocycles. The first-order valence-corrected chi connectivity index (χ1v) is 7.46. The second kappa shape index (κ2) is 5.35. The van der Waals surface area contributed by atoms with Crippen LogP contribution in [0.5, 0.6) is 0 Å². The van der Waals surface area contributed by atoms with E-state index in [0.717, 1.165) is 25.7 Å². The van der Waals surface area contributed by atoms with Crippen molar-refractivity contribution in [2.45, 2.75) is 50.8 Å². The van der Waals surface area contributed by atoms with E-state index in [9.17, 15) is 13.2 Å². The van der Waals surface area contributed by atoms with E-state index >= 15 is 0 Å². The van der Waals surface area contributed by atoms with Gasteiger partial charge < -0.3 is 5.11 Å². The third-order valence-corrected chi connectivity index (χ3v) is 5.82. The zero-order valence-electron chi connectivity index (χ0n) is 10.6. The average molecular weight is 263 g/mol. The molecule has 0 spiro atoms. The molecule has 0 aromatic heterocycles. The molecule has 1 aliphatic rings. The molecule has 1 rings (SSSR count). The van der Waals surface area contributed by atoms with Gasteiger partial charge in [-0.05, 0) is 25.7 Å². The van der Waals surface area contributed by atoms with Crippen molar-refractivity contribution in [2.75, 3.05) is 7.05 Å². The first-order chi connectivity index (χ1) is 7.76. The van der Waals surface area contributed by atoms with Crippen molar-refractivity contribution in [3.63, 3.8) is 0 Å². The Morgan fingerprint density at radius 1 is 1.41 bits per heavy atom. The predicted molar refractivity (Wildman–Crippen MR) is 65.2 cm³/mol. The number of nitrogens with zero attached hydrogens (tertiary/aromatic N) is 1. The standard InChI is InChI=1S/C11H21NO4S/c1-8-5-4-6-10(7-8)12(3)17(15,16)9(2)11(13)14/h8-10H,4-7H2,1-3H3,(H,13,14). The van der Waals surface area contributed by atoms with Crippen LogP contribution in [0.15, 0.2) is 0 Å². The van der Waals surface area contributed by atoms with Crippen LogP contribution in [0.2, 0.25) is 0 Å². The minimum Gasteiger partial charge on any atom is -0.480 e. The molecule has 17 heavy (non-hydrogen) atoms. The zero-order valence-corrected chi connectivity index (χ0v) is 11.4. The van der Waals surface area contributed by atoms with E-state index in [1.54, 1.807) is 0 Å². The molecular weight excluding hydrogens is 242 g/mol. The summed E-state index contributed by atoms with van der Waals surface area (Å²) >= 11 is 0. The van der Waals surface area contributed by atoms with Gasteiger partial charge in [0, 0.05) is 13.1 Å². The van der Waals surface area contributed by atoms with Gasteiger partial charge in [-0.2, -0.15) is 0 Å². The largest absolute Gasteiger partial charge is 0.480 e. The fourth-order valence-electron chi connectivity index (χ4n) is 2.32.